The van der Waals surface area contributed by atoms with Crippen molar-refractivity contribution in [3.63, 3.8) is 0 Å². The number of hydrogen-bond donors (Lipinski definition) is 1. The number of hydrogen-bond acceptors (Lipinski definition) is 13. The summed E-state index contributed by atoms with van der Waals surface area (Å²) < 4.78 is 32.9. The van der Waals surface area contributed by atoms with E-state index in [1.807, 2.05) is 0 Å². The molecule has 2 aromatic carbocycles. The van der Waals surface area contributed by atoms with Crippen molar-refractivity contribution in [3.8, 4) is 0 Å². The average molecular weight is 670 g/mol. The van der Waals surface area contributed by atoms with Crippen LogP contribution in [0.25, 0.3) is 0 Å². The molecule has 5 atom stereocenters. The van der Waals surface area contributed by atoms with Crippen molar-refractivity contribution >= 4 is 41.7 Å². The van der Waals surface area contributed by atoms with E-state index < -0.39 is 85.2 Å². The van der Waals surface area contributed by atoms with Gasteiger partial charge in [-0.25, -0.2) is 14.4 Å². The fourth-order valence-corrected chi connectivity index (χ4v) is 4.48. The van der Waals surface area contributed by atoms with Crippen LogP contribution in [0.1, 0.15) is 61.8 Å². The van der Waals surface area contributed by atoms with Crippen LogP contribution >= 0.6 is 0 Å². The highest BCUT2D eigenvalue weighted by Gasteiger charge is 2.47. The van der Waals surface area contributed by atoms with E-state index in [9.17, 15) is 33.6 Å². The maximum absolute atomic E-state index is 13.6. The van der Waals surface area contributed by atoms with Crippen molar-refractivity contribution in [2.45, 2.75) is 71.5 Å². The van der Waals surface area contributed by atoms with E-state index in [1.165, 1.54) is 24.3 Å². The van der Waals surface area contributed by atoms with Gasteiger partial charge in [-0.1, -0.05) is 43.0 Å². The van der Waals surface area contributed by atoms with Gasteiger partial charge in [0.1, 0.15) is 18.8 Å². The molecule has 0 aliphatic rings. The first-order chi connectivity index (χ1) is 22.7. The molecule has 0 radical (unpaired) electrons. The average Bonchev–Trinajstić information content (AvgIpc) is 3.03. The normalized spacial score (nSPS) is 13.6. The molecule has 0 aliphatic heterocycles. The van der Waals surface area contributed by atoms with Gasteiger partial charge in [-0.05, 0) is 31.2 Å². The number of esters is 6. The molecule has 0 aliphatic carbocycles. The van der Waals surface area contributed by atoms with Crippen molar-refractivity contribution in [3.05, 3.63) is 83.9 Å². The Morgan fingerprint density at radius 1 is 0.646 bits per heavy atom. The molecule has 0 fully saturated rings. The molecule has 0 heterocycles. The lowest BCUT2D eigenvalue weighted by atomic mass is 9.92. The lowest BCUT2D eigenvalue weighted by Gasteiger charge is -2.39. The zero-order valence-electron chi connectivity index (χ0n) is 27.3. The minimum absolute atomic E-state index is 0.000247. The molecule has 1 N–H and O–H groups in total. The van der Waals surface area contributed by atoms with Gasteiger partial charge in [0.05, 0.1) is 17.7 Å². The number of carbonyl (C=O) groups excluding carboxylic acids is 7. The van der Waals surface area contributed by atoms with E-state index in [1.54, 1.807) is 43.3 Å². The maximum atomic E-state index is 13.6. The van der Waals surface area contributed by atoms with Crippen molar-refractivity contribution in [2.24, 2.45) is 0 Å². The number of nitrogens with one attached hydrogen (secondary N) is 1. The quantitative estimate of drug-likeness (QED) is 0.147. The Morgan fingerprint density at radius 2 is 1.12 bits per heavy atom. The van der Waals surface area contributed by atoms with Gasteiger partial charge < -0.3 is 33.7 Å². The Labute approximate surface area is 277 Å². The molecule has 258 valence electrons. The number of carbonyl (C=O) groups is 7. The van der Waals surface area contributed by atoms with Crippen LogP contribution in [0.5, 0.6) is 0 Å². The molecule has 14 heteroatoms. The van der Waals surface area contributed by atoms with E-state index in [2.05, 4.69) is 11.9 Å². The minimum atomic E-state index is -1.84. The van der Waals surface area contributed by atoms with Gasteiger partial charge in [-0.15, -0.1) is 0 Å². The van der Waals surface area contributed by atoms with Crippen LogP contribution in [-0.4, -0.2) is 85.4 Å². The molecule has 0 bridgehead atoms. The molecule has 0 aromatic heterocycles. The van der Waals surface area contributed by atoms with Crippen LogP contribution in [0.3, 0.4) is 0 Å². The SMILES string of the molecule is C=C(C[C@H](OC(C)=O)[C@@H](NC(C)=O)[C@@H](OC(=O)c1ccccc1)[C@H](OC(=O)c1ccccc1)[C@@H](COC(C)=O)OC(C)=O)C(=O)OCC. The molecule has 0 saturated carbocycles. The monoisotopic (exact) mass is 669 g/mol. The highest BCUT2D eigenvalue weighted by molar-refractivity contribution is 5.91. The lowest BCUT2D eigenvalue weighted by molar-refractivity contribution is -0.175. The summed E-state index contributed by atoms with van der Waals surface area (Å²) in [6.07, 6.45) is -7.28. The first kappa shape index (κ1) is 38.7. The summed E-state index contributed by atoms with van der Waals surface area (Å²) in [4.78, 5) is 88.9. The van der Waals surface area contributed by atoms with Crippen LogP contribution in [-0.2, 0) is 52.4 Å². The van der Waals surface area contributed by atoms with Crippen LogP contribution in [0, 0.1) is 0 Å². The number of amides is 1. The summed E-state index contributed by atoms with van der Waals surface area (Å²) in [7, 11) is 0. The van der Waals surface area contributed by atoms with E-state index in [-0.39, 0.29) is 23.3 Å². The van der Waals surface area contributed by atoms with Gasteiger partial charge in [0.15, 0.2) is 18.3 Å². The van der Waals surface area contributed by atoms with E-state index in [0.29, 0.717) is 0 Å². The third-order valence-electron chi connectivity index (χ3n) is 6.42. The second-order valence-electron chi connectivity index (χ2n) is 10.3. The minimum Gasteiger partial charge on any atom is -0.463 e. The molecule has 0 saturated heterocycles. The summed E-state index contributed by atoms with van der Waals surface area (Å²) in [6, 6.07) is 13.6. The zero-order valence-corrected chi connectivity index (χ0v) is 27.3. The summed E-state index contributed by atoms with van der Waals surface area (Å²) in [5.74, 6) is -6.09. The van der Waals surface area contributed by atoms with Gasteiger partial charge >= 0.3 is 35.8 Å². The van der Waals surface area contributed by atoms with Crippen molar-refractivity contribution in [2.75, 3.05) is 13.2 Å². The van der Waals surface area contributed by atoms with Gasteiger partial charge in [-0.2, -0.15) is 0 Å². The Bertz CT molecular complexity index is 1460. The predicted molar refractivity (Wildman–Crippen MR) is 167 cm³/mol. The molecule has 0 unspecified atom stereocenters. The summed E-state index contributed by atoms with van der Waals surface area (Å²) >= 11 is 0. The van der Waals surface area contributed by atoms with Crippen LogP contribution in [0.2, 0.25) is 0 Å². The van der Waals surface area contributed by atoms with Crippen molar-refractivity contribution < 1.29 is 62.0 Å². The molecule has 2 rings (SSSR count). The van der Waals surface area contributed by atoms with E-state index >= 15 is 0 Å². The number of ether oxygens (including phenoxy) is 6. The smallest absolute Gasteiger partial charge is 0.338 e. The highest BCUT2D eigenvalue weighted by atomic mass is 16.6. The summed E-state index contributed by atoms with van der Waals surface area (Å²) in [5, 5.41) is 2.56. The molecule has 1 amide bonds. The first-order valence-corrected chi connectivity index (χ1v) is 14.8. The number of benzene rings is 2. The molecule has 0 spiro atoms. The Morgan fingerprint density at radius 3 is 1.56 bits per heavy atom. The molecular formula is C34H39NO13. The molecule has 2 aromatic rings. The number of rotatable bonds is 17. The molecular weight excluding hydrogens is 630 g/mol. The third-order valence-corrected chi connectivity index (χ3v) is 6.42. The fraction of sp³-hybridized carbons (Fsp3) is 0.382. The Kier molecular flexibility index (Phi) is 15.5. The molecule has 48 heavy (non-hydrogen) atoms. The van der Waals surface area contributed by atoms with Crippen molar-refractivity contribution in [1.82, 2.24) is 5.32 Å². The highest BCUT2D eigenvalue weighted by Crippen LogP contribution is 2.26. The third kappa shape index (κ3) is 12.7. The standard InChI is InChI=1S/C34H39NO13/c1-7-43-32(40)20(2)18-27(45-23(5)38)29(35-21(3)36)31(48-34(42)26-16-12-9-13-17-26)30(28(46-24(6)39)19-44-22(4)37)47-33(41)25-14-10-8-11-15-25/h8-17,27-31H,2,7,18-19H2,1,3-6H3,(H,35,36)/t27-,28+,29+,30+,31+/m0/s1. The van der Waals surface area contributed by atoms with E-state index in [0.717, 1.165) is 27.7 Å². The van der Waals surface area contributed by atoms with Gasteiger partial charge in [0.2, 0.25) is 5.91 Å². The lowest BCUT2D eigenvalue weighted by Crippen LogP contribution is -2.61. The van der Waals surface area contributed by atoms with Gasteiger partial charge in [0.25, 0.3) is 0 Å². The fourth-order valence-electron chi connectivity index (χ4n) is 4.48. The molecule has 14 nitrogen and oxygen atoms in total. The topological polar surface area (TPSA) is 187 Å². The second kappa shape index (κ2) is 19.2. The van der Waals surface area contributed by atoms with Crippen LogP contribution in [0.15, 0.2) is 72.8 Å². The summed E-state index contributed by atoms with van der Waals surface area (Å²) in [5.41, 5.74) is -0.116. The first-order valence-electron chi connectivity index (χ1n) is 14.8. The van der Waals surface area contributed by atoms with Crippen LogP contribution in [0.4, 0.5) is 0 Å². The summed E-state index contributed by atoms with van der Waals surface area (Å²) in [6.45, 7) is 8.88. The zero-order chi connectivity index (χ0) is 35.8. The Balaban J connectivity index is 2.86. The largest absolute Gasteiger partial charge is 0.463 e. The predicted octanol–water partition coefficient (Wildman–Crippen LogP) is 2.88. The Hall–Kier alpha value is -5.53. The van der Waals surface area contributed by atoms with Gasteiger partial charge in [-0.3, -0.25) is 19.2 Å². The maximum Gasteiger partial charge on any atom is 0.338 e. The van der Waals surface area contributed by atoms with Crippen molar-refractivity contribution in [1.29, 1.82) is 0 Å². The van der Waals surface area contributed by atoms with E-state index in [4.69, 9.17) is 28.4 Å². The second-order valence-corrected chi connectivity index (χ2v) is 10.3. The van der Waals surface area contributed by atoms with Crippen LogP contribution < -0.4 is 5.32 Å². The van der Waals surface area contributed by atoms with Gasteiger partial charge in [0, 0.05) is 39.7 Å².